The van der Waals surface area contributed by atoms with Gasteiger partial charge in [-0.2, -0.15) is 4.31 Å². The van der Waals surface area contributed by atoms with Gasteiger partial charge in [-0.1, -0.05) is 23.7 Å². The number of thioether (sulfide) groups is 1. The van der Waals surface area contributed by atoms with E-state index in [0.29, 0.717) is 24.5 Å². The molecule has 2 aromatic carbocycles. The zero-order valence-corrected chi connectivity index (χ0v) is 20.9. The molecule has 0 saturated carbocycles. The Labute approximate surface area is 199 Å². The summed E-state index contributed by atoms with van der Waals surface area (Å²) in [5.74, 6) is 0.0272. The summed E-state index contributed by atoms with van der Waals surface area (Å²) in [4.78, 5) is 14.0. The molecule has 1 fully saturated rings. The summed E-state index contributed by atoms with van der Waals surface area (Å²) >= 11 is 7.72. The molecule has 1 aliphatic heterocycles. The van der Waals surface area contributed by atoms with Crippen LogP contribution in [0.3, 0.4) is 0 Å². The van der Waals surface area contributed by atoms with E-state index in [1.807, 2.05) is 37.4 Å². The Morgan fingerprint density at radius 2 is 1.88 bits per heavy atom. The fraction of sp³-hybridized carbons (Fsp3) is 0.435. The summed E-state index contributed by atoms with van der Waals surface area (Å²) in [5.41, 5.74) is 1.04. The molecule has 1 amide bonds. The molecule has 0 spiro atoms. The van der Waals surface area contributed by atoms with Crippen LogP contribution in [-0.2, 0) is 14.8 Å². The van der Waals surface area contributed by atoms with Crippen LogP contribution in [-0.4, -0.2) is 44.6 Å². The fourth-order valence-corrected chi connectivity index (χ4v) is 6.03. The first-order valence-corrected chi connectivity index (χ1v) is 13.7. The first-order chi connectivity index (χ1) is 15.3. The number of hydrogen-bond acceptors (Lipinski definition) is 5. The van der Waals surface area contributed by atoms with Crippen molar-refractivity contribution in [3.63, 3.8) is 0 Å². The second-order valence-corrected chi connectivity index (χ2v) is 10.9. The third-order valence-corrected chi connectivity index (χ3v) is 8.52. The predicted molar refractivity (Wildman–Crippen MR) is 129 cm³/mol. The molecule has 9 heteroatoms. The number of halogens is 1. The molecule has 1 atom stereocenters. The summed E-state index contributed by atoms with van der Waals surface area (Å²) < 4.78 is 33.3. The van der Waals surface area contributed by atoms with Gasteiger partial charge in [0.15, 0.2) is 0 Å². The SMILES string of the molecule is CCOc1ccc(Cl)cc1S(=O)(=O)N1CCC(C(=O)NC(C)c2ccc(SC)cc2)CC1. The summed E-state index contributed by atoms with van der Waals surface area (Å²) in [7, 11) is -3.77. The standard InChI is InChI=1S/C23H29ClN2O4S2/c1-4-30-21-10-7-19(24)15-22(21)32(28,29)26-13-11-18(12-14-26)23(27)25-16(2)17-5-8-20(31-3)9-6-17/h5-10,15-16,18H,4,11-14H2,1-3H3,(H,25,27). The maximum absolute atomic E-state index is 13.2. The summed E-state index contributed by atoms with van der Waals surface area (Å²) in [6.45, 7) is 4.66. The number of rotatable bonds is 8. The third-order valence-electron chi connectivity index (χ3n) is 5.62. The van der Waals surface area contributed by atoms with Crippen LogP contribution in [0, 0.1) is 5.92 Å². The topological polar surface area (TPSA) is 75.7 Å². The minimum atomic E-state index is -3.77. The maximum Gasteiger partial charge on any atom is 0.246 e. The molecule has 1 saturated heterocycles. The van der Waals surface area contributed by atoms with Crippen LogP contribution in [0.1, 0.15) is 38.3 Å². The highest BCUT2D eigenvalue weighted by molar-refractivity contribution is 7.98. The Balaban J connectivity index is 1.63. The van der Waals surface area contributed by atoms with Gasteiger partial charge in [0.25, 0.3) is 0 Å². The van der Waals surface area contributed by atoms with Crippen LogP contribution in [0.25, 0.3) is 0 Å². The number of carbonyl (C=O) groups excluding carboxylic acids is 1. The van der Waals surface area contributed by atoms with Gasteiger partial charge in [0, 0.05) is 28.9 Å². The minimum absolute atomic E-state index is 0.0405. The van der Waals surface area contributed by atoms with Gasteiger partial charge in [0.05, 0.1) is 12.6 Å². The molecule has 0 radical (unpaired) electrons. The Morgan fingerprint density at radius 3 is 2.47 bits per heavy atom. The van der Waals surface area contributed by atoms with E-state index in [4.69, 9.17) is 16.3 Å². The largest absolute Gasteiger partial charge is 0.492 e. The van der Waals surface area contributed by atoms with Gasteiger partial charge in [0.1, 0.15) is 10.6 Å². The number of ether oxygens (including phenoxy) is 1. The second kappa shape index (κ2) is 10.9. The van der Waals surface area contributed by atoms with Crippen molar-refractivity contribution in [3.8, 4) is 5.75 Å². The normalized spacial score (nSPS) is 16.5. The molecule has 1 N–H and O–H groups in total. The van der Waals surface area contributed by atoms with Crippen LogP contribution < -0.4 is 10.1 Å². The van der Waals surface area contributed by atoms with Crippen molar-refractivity contribution < 1.29 is 17.9 Å². The zero-order chi connectivity index (χ0) is 23.3. The van der Waals surface area contributed by atoms with Crippen molar-refractivity contribution in [3.05, 3.63) is 53.1 Å². The lowest BCUT2D eigenvalue weighted by Crippen LogP contribution is -2.43. The first-order valence-electron chi connectivity index (χ1n) is 10.6. The van der Waals surface area contributed by atoms with Crippen molar-refractivity contribution in [1.29, 1.82) is 0 Å². The molecule has 0 aliphatic carbocycles. The number of nitrogens with zero attached hydrogens (tertiary/aromatic N) is 1. The van der Waals surface area contributed by atoms with Gasteiger partial charge in [0.2, 0.25) is 15.9 Å². The molecule has 0 bridgehead atoms. The molecule has 32 heavy (non-hydrogen) atoms. The number of nitrogens with one attached hydrogen (secondary N) is 1. The lowest BCUT2D eigenvalue weighted by Gasteiger charge is -2.31. The van der Waals surface area contributed by atoms with Gasteiger partial charge in [-0.25, -0.2) is 8.42 Å². The highest BCUT2D eigenvalue weighted by Crippen LogP contribution is 2.32. The van der Waals surface area contributed by atoms with Crippen molar-refractivity contribution in [2.45, 2.75) is 42.5 Å². The zero-order valence-electron chi connectivity index (χ0n) is 18.5. The highest BCUT2D eigenvalue weighted by atomic mass is 35.5. The molecule has 3 rings (SSSR count). The summed E-state index contributed by atoms with van der Waals surface area (Å²) in [5, 5.41) is 3.40. The van der Waals surface area contributed by atoms with Crippen LogP contribution in [0.15, 0.2) is 52.3 Å². The van der Waals surface area contributed by atoms with E-state index >= 15 is 0 Å². The lowest BCUT2D eigenvalue weighted by atomic mass is 9.96. The molecule has 0 aromatic heterocycles. The Kier molecular flexibility index (Phi) is 8.49. The molecular weight excluding hydrogens is 468 g/mol. The Morgan fingerprint density at radius 1 is 1.22 bits per heavy atom. The number of benzene rings is 2. The Hall–Kier alpha value is -1.74. The molecule has 1 aliphatic rings. The van der Waals surface area contributed by atoms with Gasteiger partial charge in [-0.05, 0) is 68.8 Å². The molecule has 2 aromatic rings. The highest BCUT2D eigenvalue weighted by Gasteiger charge is 2.34. The molecule has 1 unspecified atom stereocenters. The van der Waals surface area contributed by atoms with Gasteiger partial charge >= 0.3 is 0 Å². The monoisotopic (exact) mass is 496 g/mol. The molecule has 174 valence electrons. The van der Waals surface area contributed by atoms with Crippen molar-refractivity contribution >= 4 is 39.3 Å². The van der Waals surface area contributed by atoms with E-state index in [1.165, 1.54) is 15.3 Å². The number of amides is 1. The smallest absolute Gasteiger partial charge is 0.246 e. The maximum atomic E-state index is 13.2. The molecular formula is C23H29ClN2O4S2. The number of piperidine rings is 1. The van der Waals surface area contributed by atoms with Crippen LogP contribution in [0.2, 0.25) is 5.02 Å². The van der Waals surface area contributed by atoms with Crippen LogP contribution >= 0.6 is 23.4 Å². The van der Waals surface area contributed by atoms with Crippen molar-refractivity contribution in [2.75, 3.05) is 26.0 Å². The van der Waals surface area contributed by atoms with E-state index in [9.17, 15) is 13.2 Å². The first kappa shape index (κ1) is 24.9. The fourth-order valence-electron chi connectivity index (χ4n) is 3.76. The van der Waals surface area contributed by atoms with E-state index < -0.39 is 10.0 Å². The van der Waals surface area contributed by atoms with Gasteiger partial charge in [-0.15, -0.1) is 11.8 Å². The average molecular weight is 497 g/mol. The Bertz CT molecular complexity index is 1040. The van der Waals surface area contributed by atoms with Crippen LogP contribution in [0.4, 0.5) is 0 Å². The summed E-state index contributed by atoms with van der Waals surface area (Å²) in [6, 6.07) is 12.6. The summed E-state index contributed by atoms with van der Waals surface area (Å²) in [6.07, 6.45) is 2.96. The number of carbonyl (C=O) groups is 1. The lowest BCUT2D eigenvalue weighted by molar-refractivity contribution is -0.126. The number of sulfonamides is 1. The van der Waals surface area contributed by atoms with E-state index in [1.54, 1.807) is 30.8 Å². The van der Waals surface area contributed by atoms with E-state index in [0.717, 1.165) is 5.56 Å². The second-order valence-electron chi connectivity index (χ2n) is 7.71. The quantitative estimate of drug-likeness (QED) is 0.534. The molecule has 6 nitrogen and oxygen atoms in total. The minimum Gasteiger partial charge on any atom is -0.492 e. The van der Waals surface area contributed by atoms with Gasteiger partial charge in [-0.3, -0.25) is 4.79 Å². The predicted octanol–water partition coefficient (Wildman–Crippen LogP) is 4.74. The van der Waals surface area contributed by atoms with E-state index in [-0.39, 0.29) is 41.6 Å². The van der Waals surface area contributed by atoms with Crippen molar-refractivity contribution in [1.82, 2.24) is 9.62 Å². The van der Waals surface area contributed by atoms with Crippen LogP contribution in [0.5, 0.6) is 5.75 Å². The van der Waals surface area contributed by atoms with Crippen molar-refractivity contribution in [2.24, 2.45) is 5.92 Å². The molecule has 1 heterocycles. The van der Waals surface area contributed by atoms with Gasteiger partial charge < -0.3 is 10.1 Å². The number of hydrogen-bond donors (Lipinski definition) is 1. The van der Waals surface area contributed by atoms with E-state index in [2.05, 4.69) is 5.32 Å². The average Bonchev–Trinajstić information content (AvgIpc) is 2.80. The third kappa shape index (κ3) is 5.78.